The maximum absolute atomic E-state index is 11.1. The Bertz CT molecular complexity index is 715. The molecule has 0 heterocycles. The molecule has 0 aliphatic carbocycles. The highest BCUT2D eigenvalue weighted by molar-refractivity contribution is 5.92. The molecule has 7 heteroatoms. The van der Waals surface area contributed by atoms with Crippen LogP contribution in [0.4, 0.5) is 5.69 Å². The van der Waals surface area contributed by atoms with Crippen LogP contribution < -0.4 is 4.74 Å². The third-order valence-electron chi connectivity index (χ3n) is 2.62. The summed E-state index contributed by atoms with van der Waals surface area (Å²) in [6.45, 7) is 0. The van der Waals surface area contributed by atoms with Crippen molar-refractivity contribution in [1.29, 1.82) is 5.26 Å². The Hall–Kier alpha value is -3.40. The molecule has 0 amide bonds. The summed E-state index contributed by atoms with van der Waals surface area (Å²) in [7, 11) is 0. The van der Waals surface area contributed by atoms with Crippen molar-refractivity contribution in [2.45, 2.75) is 0 Å². The van der Waals surface area contributed by atoms with Crippen LogP contribution in [0.1, 0.15) is 15.9 Å². The summed E-state index contributed by atoms with van der Waals surface area (Å²) < 4.78 is 5.33. The number of rotatable bonds is 4. The summed E-state index contributed by atoms with van der Waals surface area (Å²) >= 11 is 0. The molecule has 2 aromatic carbocycles. The Labute approximate surface area is 118 Å². The van der Waals surface area contributed by atoms with Crippen molar-refractivity contribution in [2.75, 3.05) is 0 Å². The van der Waals surface area contributed by atoms with Gasteiger partial charge in [0, 0.05) is 6.07 Å². The fourth-order valence-corrected chi connectivity index (χ4v) is 1.66. The van der Waals surface area contributed by atoms with Crippen LogP contribution in [0.25, 0.3) is 0 Å². The molecule has 0 saturated carbocycles. The van der Waals surface area contributed by atoms with Gasteiger partial charge in [0.2, 0.25) is 5.75 Å². The molecule has 0 aromatic heterocycles. The van der Waals surface area contributed by atoms with E-state index in [1.807, 2.05) is 6.07 Å². The molecular formula is C14H8N2O5. The fourth-order valence-electron chi connectivity index (χ4n) is 1.66. The number of hydrogen-bond acceptors (Lipinski definition) is 5. The normalized spacial score (nSPS) is 9.67. The molecule has 7 nitrogen and oxygen atoms in total. The molecule has 2 aromatic rings. The van der Waals surface area contributed by atoms with Crippen molar-refractivity contribution in [3.63, 3.8) is 0 Å². The minimum absolute atomic E-state index is 0.200. The SMILES string of the molecule is N#Cc1ccc(Oc2c(C(=O)O)cccc2[N+](=O)[O-])cc1. The molecule has 0 radical (unpaired) electrons. The van der Waals surface area contributed by atoms with Gasteiger partial charge in [-0.25, -0.2) is 4.79 Å². The van der Waals surface area contributed by atoms with Gasteiger partial charge in [-0.3, -0.25) is 10.1 Å². The first-order chi connectivity index (χ1) is 10.0. The molecule has 0 aliphatic heterocycles. The monoisotopic (exact) mass is 284 g/mol. The molecule has 0 saturated heterocycles. The molecule has 104 valence electrons. The van der Waals surface area contributed by atoms with Crippen LogP contribution in [0.5, 0.6) is 11.5 Å². The van der Waals surface area contributed by atoms with Crippen LogP contribution >= 0.6 is 0 Å². The lowest BCUT2D eigenvalue weighted by atomic mass is 10.1. The molecule has 2 rings (SSSR count). The topological polar surface area (TPSA) is 113 Å². The summed E-state index contributed by atoms with van der Waals surface area (Å²) in [6.07, 6.45) is 0. The molecule has 0 aliphatic rings. The Morgan fingerprint density at radius 2 is 1.90 bits per heavy atom. The lowest BCUT2D eigenvalue weighted by Gasteiger charge is -2.09. The second kappa shape index (κ2) is 5.71. The molecule has 1 N–H and O–H groups in total. The summed E-state index contributed by atoms with van der Waals surface area (Å²) in [4.78, 5) is 21.4. The van der Waals surface area contributed by atoms with Gasteiger partial charge in [-0.1, -0.05) is 6.07 Å². The van der Waals surface area contributed by atoms with E-state index in [9.17, 15) is 14.9 Å². The number of para-hydroxylation sites is 1. The molecule has 21 heavy (non-hydrogen) atoms. The highest BCUT2D eigenvalue weighted by Crippen LogP contribution is 2.34. The Morgan fingerprint density at radius 1 is 1.24 bits per heavy atom. The summed E-state index contributed by atoms with van der Waals surface area (Å²) in [5, 5.41) is 28.8. The van der Waals surface area contributed by atoms with Gasteiger partial charge >= 0.3 is 11.7 Å². The van der Waals surface area contributed by atoms with Crippen LogP contribution in [-0.4, -0.2) is 16.0 Å². The van der Waals surface area contributed by atoms with Gasteiger partial charge in [0.25, 0.3) is 0 Å². The maximum Gasteiger partial charge on any atom is 0.339 e. The van der Waals surface area contributed by atoms with E-state index in [4.69, 9.17) is 15.1 Å². The first-order valence-electron chi connectivity index (χ1n) is 5.71. The van der Waals surface area contributed by atoms with Gasteiger partial charge in [-0.05, 0) is 30.3 Å². The number of nitrogens with zero attached hydrogens (tertiary/aromatic N) is 2. The van der Waals surface area contributed by atoms with Gasteiger partial charge in [0.05, 0.1) is 16.6 Å². The standard InChI is InChI=1S/C14H8N2O5/c15-8-9-4-6-10(7-5-9)21-13-11(14(17)18)2-1-3-12(13)16(19)20/h1-7H,(H,17,18). The number of nitro groups is 1. The quantitative estimate of drug-likeness (QED) is 0.682. The smallest absolute Gasteiger partial charge is 0.339 e. The van der Waals surface area contributed by atoms with Gasteiger partial charge < -0.3 is 9.84 Å². The Balaban J connectivity index is 2.48. The first kappa shape index (κ1) is 14.0. The van der Waals surface area contributed by atoms with E-state index in [2.05, 4.69) is 0 Å². The van der Waals surface area contributed by atoms with Crippen LogP contribution in [-0.2, 0) is 0 Å². The molecule has 0 bridgehead atoms. The summed E-state index contributed by atoms with van der Waals surface area (Å²) in [6, 6.07) is 11.4. The number of nitro benzene ring substituents is 1. The minimum Gasteiger partial charge on any atom is -0.478 e. The Kier molecular flexibility index (Phi) is 3.81. The molecule has 0 fully saturated rings. The predicted molar refractivity (Wildman–Crippen MR) is 71.3 cm³/mol. The zero-order chi connectivity index (χ0) is 15.4. The number of benzene rings is 2. The zero-order valence-corrected chi connectivity index (χ0v) is 10.5. The number of carboxylic acids is 1. The average molecular weight is 284 g/mol. The number of aromatic carboxylic acids is 1. The van der Waals surface area contributed by atoms with E-state index in [0.717, 1.165) is 6.07 Å². The summed E-state index contributed by atoms with van der Waals surface area (Å²) in [5.74, 6) is -1.48. The zero-order valence-electron chi connectivity index (χ0n) is 10.5. The van der Waals surface area contributed by atoms with Crippen LogP contribution in [0.2, 0.25) is 0 Å². The second-order valence-electron chi connectivity index (χ2n) is 3.95. The first-order valence-corrected chi connectivity index (χ1v) is 5.71. The predicted octanol–water partition coefficient (Wildman–Crippen LogP) is 2.96. The number of ether oxygens (including phenoxy) is 1. The number of carboxylic acid groups (broad SMARTS) is 1. The lowest BCUT2D eigenvalue weighted by molar-refractivity contribution is -0.385. The molecule has 0 spiro atoms. The molecule has 0 unspecified atom stereocenters. The van der Waals surface area contributed by atoms with Gasteiger partial charge in [0.15, 0.2) is 0 Å². The van der Waals surface area contributed by atoms with Crippen molar-refractivity contribution in [2.24, 2.45) is 0 Å². The highest BCUT2D eigenvalue weighted by Gasteiger charge is 2.23. The van der Waals surface area contributed by atoms with Crippen molar-refractivity contribution in [1.82, 2.24) is 0 Å². The number of carbonyl (C=O) groups is 1. The van der Waals surface area contributed by atoms with E-state index in [1.165, 1.54) is 36.4 Å². The van der Waals surface area contributed by atoms with E-state index < -0.39 is 16.6 Å². The number of hydrogen-bond donors (Lipinski definition) is 1. The largest absolute Gasteiger partial charge is 0.478 e. The van der Waals surface area contributed by atoms with Crippen molar-refractivity contribution in [3.8, 4) is 17.6 Å². The minimum atomic E-state index is -1.33. The van der Waals surface area contributed by atoms with E-state index in [0.29, 0.717) is 5.56 Å². The third-order valence-corrected chi connectivity index (χ3v) is 2.62. The van der Waals surface area contributed by atoms with Gasteiger partial charge in [-0.15, -0.1) is 0 Å². The van der Waals surface area contributed by atoms with Crippen LogP contribution in [0.3, 0.4) is 0 Å². The van der Waals surface area contributed by atoms with E-state index in [-0.39, 0.29) is 17.1 Å². The van der Waals surface area contributed by atoms with Crippen molar-refractivity contribution in [3.05, 3.63) is 63.7 Å². The van der Waals surface area contributed by atoms with Crippen LogP contribution in [0, 0.1) is 21.4 Å². The third kappa shape index (κ3) is 2.96. The van der Waals surface area contributed by atoms with E-state index >= 15 is 0 Å². The molecular weight excluding hydrogens is 276 g/mol. The van der Waals surface area contributed by atoms with Crippen LogP contribution in [0.15, 0.2) is 42.5 Å². The number of nitriles is 1. The van der Waals surface area contributed by atoms with Crippen molar-refractivity contribution >= 4 is 11.7 Å². The second-order valence-corrected chi connectivity index (χ2v) is 3.95. The van der Waals surface area contributed by atoms with Gasteiger partial charge in [0.1, 0.15) is 11.3 Å². The Morgan fingerprint density at radius 3 is 2.43 bits per heavy atom. The summed E-state index contributed by atoms with van der Waals surface area (Å²) in [5.41, 5.74) is -0.365. The highest BCUT2D eigenvalue weighted by atomic mass is 16.6. The lowest BCUT2D eigenvalue weighted by Crippen LogP contribution is -2.03. The molecule has 0 atom stereocenters. The fraction of sp³-hybridized carbons (Fsp3) is 0. The average Bonchev–Trinajstić information content (AvgIpc) is 2.47. The van der Waals surface area contributed by atoms with Gasteiger partial charge in [-0.2, -0.15) is 5.26 Å². The maximum atomic E-state index is 11.1. The van der Waals surface area contributed by atoms with E-state index in [1.54, 1.807) is 0 Å². The van der Waals surface area contributed by atoms with Crippen molar-refractivity contribution < 1.29 is 19.6 Å².